The molecule has 0 atom stereocenters. The molecule has 0 N–H and O–H groups in total. The van der Waals surface area contributed by atoms with Gasteiger partial charge in [0.05, 0.1) is 13.2 Å². The molecule has 1 aromatic carbocycles. The molecule has 0 bridgehead atoms. The van der Waals surface area contributed by atoms with Crippen LogP contribution in [0, 0.1) is 5.82 Å². The van der Waals surface area contributed by atoms with E-state index in [9.17, 15) is 4.39 Å². The number of ether oxygens (including phenoxy) is 2. The van der Waals surface area contributed by atoms with Gasteiger partial charge in [-0.25, -0.2) is 4.39 Å². The molecule has 0 radical (unpaired) electrons. The van der Waals surface area contributed by atoms with Crippen LogP contribution >= 0.6 is 11.6 Å². The third-order valence-electron chi connectivity index (χ3n) is 4.59. The number of benzene rings is 1. The zero-order chi connectivity index (χ0) is 14.9. The van der Waals surface area contributed by atoms with Gasteiger partial charge >= 0.3 is 0 Å². The van der Waals surface area contributed by atoms with Crippen LogP contribution in [0.15, 0.2) is 18.2 Å². The van der Waals surface area contributed by atoms with E-state index in [1.165, 1.54) is 12.1 Å². The van der Waals surface area contributed by atoms with Gasteiger partial charge in [-0.15, -0.1) is 0 Å². The third kappa shape index (κ3) is 3.39. The highest BCUT2D eigenvalue weighted by Gasteiger charge is 2.41. The molecule has 2 fully saturated rings. The van der Waals surface area contributed by atoms with E-state index in [4.69, 9.17) is 21.1 Å². The summed E-state index contributed by atoms with van der Waals surface area (Å²) >= 11 is 6.10. The lowest BCUT2D eigenvalue weighted by Crippen LogP contribution is -2.42. The zero-order valence-corrected chi connectivity index (χ0v) is 13.0. The largest absolute Gasteiger partial charge is 0.348 e. The third-order valence-corrected chi connectivity index (χ3v) is 4.94. The molecule has 1 saturated heterocycles. The number of hydrogen-bond acceptors (Lipinski definition) is 3. The number of nitrogens with zero attached hydrogens (tertiary/aromatic N) is 1. The minimum absolute atomic E-state index is 0.290. The van der Waals surface area contributed by atoms with E-state index in [0.29, 0.717) is 24.3 Å². The van der Waals surface area contributed by atoms with Crippen molar-refractivity contribution in [3.05, 3.63) is 34.6 Å². The highest BCUT2D eigenvalue weighted by atomic mass is 35.5. The van der Waals surface area contributed by atoms with Crippen molar-refractivity contribution < 1.29 is 13.9 Å². The average Bonchev–Trinajstić information content (AvgIpc) is 2.91. The van der Waals surface area contributed by atoms with Crippen molar-refractivity contribution in [1.29, 1.82) is 0 Å². The maximum Gasteiger partial charge on any atom is 0.168 e. The Kier molecular flexibility index (Phi) is 4.50. The molecule has 3 rings (SSSR count). The van der Waals surface area contributed by atoms with Crippen LogP contribution in [0.3, 0.4) is 0 Å². The molecular formula is C16H21ClFNO2. The molecule has 0 aromatic heterocycles. The molecule has 1 saturated carbocycles. The Bertz CT molecular complexity index is 495. The summed E-state index contributed by atoms with van der Waals surface area (Å²) in [6, 6.07) is 5.10. The van der Waals surface area contributed by atoms with Crippen molar-refractivity contribution >= 4 is 11.6 Å². The molecule has 1 spiro atoms. The first-order chi connectivity index (χ1) is 10.1. The van der Waals surface area contributed by atoms with E-state index in [0.717, 1.165) is 37.8 Å². The smallest absolute Gasteiger partial charge is 0.168 e. The monoisotopic (exact) mass is 313 g/mol. The Hall–Kier alpha value is -0.680. The van der Waals surface area contributed by atoms with Crippen molar-refractivity contribution in [2.45, 2.75) is 44.1 Å². The Morgan fingerprint density at radius 3 is 2.57 bits per heavy atom. The summed E-state index contributed by atoms with van der Waals surface area (Å²) in [5.41, 5.74) is 0.967. The van der Waals surface area contributed by atoms with Gasteiger partial charge in [-0.3, -0.25) is 4.90 Å². The van der Waals surface area contributed by atoms with E-state index in [1.807, 2.05) is 0 Å². The summed E-state index contributed by atoms with van der Waals surface area (Å²) in [6.07, 6.45) is 3.99. The summed E-state index contributed by atoms with van der Waals surface area (Å²) < 4.78 is 24.6. The predicted octanol–water partition coefficient (Wildman–Crippen LogP) is 3.60. The molecule has 1 aliphatic heterocycles. The maximum atomic E-state index is 13.1. The van der Waals surface area contributed by atoms with Gasteiger partial charge in [0.25, 0.3) is 0 Å². The summed E-state index contributed by atoms with van der Waals surface area (Å²) in [6.45, 7) is 2.16. The molecule has 3 nitrogen and oxygen atoms in total. The van der Waals surface area contributed by atoms with E-state index >= 15 is 0 Å². The summed E-state index contributed by atoms with van der Waals surface area (Å²) in [5, 5.41) is 0.497. The summed E-state index contributed by atoms with van der Waals surface area (Å²) in [5.74, 6) is -0.605. The van der Waals surface area contributed by atoms with E-state index in [2.05, 4.69) is 11.9 Å². The van der Waals surface area contributed by atoms with E-state index in [-0.39, 0.29) is 11.6 Å². The van der Waals surface area contributed by atoms with Gasteiger partial charge in [0.1, 0.15) is 5.82 Å². The molecule has 0 amide bonds. The molecule has 0 unspecified atom stereocenters. The van der Waals surface area contributed by atoms with Crippen LogP contribution < -0.4 is 0 Å². The van der Waals surface area contributed by atoms with E-state index in [1.54, 1.807) is 6.07 Å². The van der Waals surface area contributed by atoms with Gasteiger partial charge < -0.3 is 9.47 Å². The molecule has 1 aromatic rings. The van der Waals surface area contributed by atoms with Crippen LogP contribution in [-0.4, -0.2) is 37.0 Å². The lowest BCUT2D eigenvalue weighted by Gasteiger charge is -2.39. The first-order valence-corrected chi connectivity index (χ1v) is 7.88. The Balaban J connectivity index is 1.57. The fourth-order valence-electron chi connectivity index (χ4n) is 3.32. The first kappa shape index (κ1) is 15.2. The second-order valence-corrected chi connectivity index (χ2v) is 6.40. The van der Waals surface area contributed by atoms with Crippen molar-refractivity contribution in [3.8, 4) is 0 Å². The van der Waals surface area contributed by atoms with Crippen molar-refractivity contribution in [2.75, 3.05) is 20.3 Å². The number of halogens is 2. The molecule has 21 heavy (non-hydrogen) atoms. The molecule has 1 aliphatic carbocycles. The molecule has 5 heteroatoms. The van der Waals surface area contributed by atoms with Gasteiger partial charge in [0.2, 0.25) is 0 Å². The van der Waals surface area contributed by atoms with Gasteiger partial charge in [0.15, 0.2) is 5.79 Å². The molecule has 2 aliphatic rings. The Morgan fingerprint density at radius 2 is 1.95 bits per heavy atom. The normalized spacial score (nSPS) is 22.3. The van der Waals surface area contributed by atoms with Gasteiger partial charge in [-0.1, -0.05) is 17.7 Å². The van der Waals surface area contributed by atoms with Crippen molar-refractivity contribution in [1.82, 2.24) is 4.90 Å². The second-order valence-electron chi connectivity index (χ2n) is 5.99. The van der Waals surface area contributed by atoms with Crippen LogP contribution in [0.2, 0.25) is 5.02 Å². The SMILES string of the molecule is CN(Cc1ccc(F)cc1Cl)C1CCC2(CC1)OCCO2. The molecular weight excluding hydrogens is 293 g/mol. The second kappa shape index (κ2) is 6.21. The fourth-order valence-corrected chi connectivity index (χ4v) is 3.54. The Labute approximate surface area is 130 Å². The van der Waals surface area contributed by atoms with Crippen LogP contribution in [-0.2, 0) is 16.0 Å². The highest BCUT2D eigenvalue weighted by molar-refractivity contribution is 6.31. The van der Waals surface area contributed by atoms with Crippen LogP contribution in [0.5, 0.6) is 0 Å². The van der Waals surface area contributed by atoms with Crippen LogP contribution in [0.4, 0.5) is 4.39 Å². The predicted molar refractivity (Wildman–Crippen MR) is 79.8 cm³/mol. The zero-order valence-electron chi connectivity index (χ0n) is 12.3. The summed E-state index contributed by atoms with van der Waals surface area (Å²) in [7, 11) is 2.10. The highest BCUT2D eigenvalue weighted by Crippen LogP contribution is 2.37. The topological polar surface area (TPSA) is 21.7 Å². The number of hydrogen-bond donors (Lipinski definition) is 0. The lowest BCUT2D eigenvalue weighted by atomic mass is 9.89. The van der Waals surface area contributed by atoms with Crippen molar-refractivity contribution in [2.24, 2.45) is 0 Å². The van der Waals surface area contributed by atoms with Gasteiger partial charge in [-0.05, 0) is 37.6 Å². The standard InChI is InChI=1S/C16H21ClFNO2/c1-19(11-12-2-3-13(18)10-15(12)17)14-4-6-16(7-5-14)20-8-9-21-16/h2-3,10,14H,4-9,11H2,1H3. The van der Waals surface area contributed by atoms with Crippen LogP contribution in [0.25, 0.3) is 0 Å². The van der Waals surface area contributed by atoms with Crippen molar-refractivity contribution in [3.63, 3.8) is 0 Å². The minimum Gasteiger partial charge on any atom is -0.348 e. The maximum absolute atomic E-state index is 13.1. The Morgan fingerprint density at radius 1 is 1.29 bits per heavy atom. The summed E-state index contributed by atoms with van der Waals surface area (Å²) in [4.78, 5) is 2.29. The van der Waals surface area contributed by atoms with Gasteiger partial charge in [0, 0.05) is 30.5 Å². The molecule has 116 valence electrons. The quantitative estimate of drug-likeness (QED) is 0.851. The average molecular weight is 314 g/mol. The lowest BCUT2D eigenvalue weighted by molar-refractivity contribution is -0.183. The fraction of sp³-hybridized carbons (Fsp3) is 0.625. The number of rotatable bonds is 3. The molecule has 1 heterocycles. The minimum atomic E-state index is -0.315. The van der Waals surface area contributed by atoms with Crippen LogP contribution in [0.1, 0.15) is 31.2 Å². The van der Waals surface area contributed by atoms with E-state index < -0.39 is 0 Å². The first-order valence-electron chi connectivity index (χ1n) is 7.50. The van der Waals surface area contributed by atoms with Gasteiger partial charge in [-0.2, -0.15) is 0 Å².